The summed E-state index contributed by atoms with van der Waals surface area (Å²) in [6.07, 6.45) is 0.706. The Balaban J connectivity index is 1.46. The van der Waals surface area contributed by atoms with Gasteiger partial charge in [0.1, 0.15) is 5.82 Å². The number of hydrogen-bond donors (Lipinski definition) is 3. The second kappa shape index (κ2) is 8.63. The molecule has 3 rings (SSSR count). The van der Waals surface area contributed by atoms with Gasteiger partial charge < -0.3 is 10.6 Å². The van der Waals surface area contributed by atoms with Crippen molar-refractivity contribution in [3.8, 4) is 0 Å². The van der Waals surface area contributed by atoms with E-state index in [-0.39, 0.29) is 17.6 Å². The molecular formula is C17H17N5O2S2. The predicted molar refractivity (Wildman–Crippen MR) is 104 cm³/mol. The van der Waals surface area contributed by atoms with Gasteiger partial charge in [0.15, 0.2) is 0 Å². The third-order valence-corrected chi connectivity index (χ3v) is 4.98. The molecule has 2 heterocycles. The fourth-order valence-electron chi connectivity index (χ4n) is 2.17. The summed E-state index contributed by atoms with van der Waals surface area (Å²) in [6, 6.07) is 11.0. The summed E-state index contributed by atoms with van der Waals surface area (Å²) in [7, 11) is 0. The van der Waals surface area contributed by atoms with Crippen LogP contribution in [0.2, 0.25) is 0 Å². The summed E-state index contributed by atoms with van der Waals surface area (Å²) in [5, 5.41) is 15.1. The van der Waals surface area contributed by atoms with Crippen LogP contribution in [0.3, 0.4) is 0 Å². The molecule has 9 heteroatoms. The Morgan fingerprint density at radius 2 is 1.88 bits per heavy atom. The topological polar surface area (TPSA) is 99.8 Å². The second-order valence-corrected chi connectivity index (χ2v) is 7.39. The number of anilines is 2. The van der Waals surface area contributed by atoms with Gasteiger partial charge in [-0.1, -0.05) is 17.8 Å². The Morgan fingerprint density at radius 1 is 1.15 bits per heavy atom. The summed E-state index contributed by atoms with van der Waals surface area (Å²) in [6.45, 7) is 1.45. The third-order valence-electron chi connectivity index (χ3n) is 3.25. The van der Waals surface area contributed by atoms with E-state index in [9.17, 15) is 9.59 Å². The van der Waals surface area contributed by atoms with Gasteiger partial charge in [-0.3, -0.25) is 14.7 Å². The minimum absolute atomic E-state index is 0.136. The fraction of sp³-hybridized carbons (Fsp3) is 0.176. The van der Waals surface area contributed by atoms with Crippen molar-refractivity contribution in [1.82, 2.24) is 15.2 Å². The van der Waals surface area contributed by atoms with Gasteiger partial charge in [0.2, 0.25) is 17.0 Å². The molecule has 0 aliphatic rings. The van der Waals surface area contributed by atoms with Crippen LogP contribution in [0.4, 0.5) is 11.4 Å². The van der Waals surface area contributed by atoms with Crippen LogP contribution in [0.15, 0.2) is 46.9 Å². The quantitative estimate of drug-likeness (QED) is 0.541. The number of nitrogens with one attached hydrogen (secondary N) is 3. The first-order valence-electron chi connectivity index (χ1n) is 7.82. The second-order valence-electron chi connectivity index (χ2n) is 5.42. The summed E-state index contributed by atoms with van der Waals surface area (Å²) >= 11 is 2.94. The van der Waals surface area contributed by atoms with E-state index < -0.39 is 0 Å². The van der Waals surface area contributed by atoms with Crippen molar-refractivity contribution in [1.29, 1.82) is 0 Å². The average molecular weight is 387 g/mol. The molecule has 0 aliphatic carbocycles. The summed E-state index contributed by atoms with van der Waals surface area (Å²) in [4.78, 5) is 28.6. The lowest BCUT2D eigenvalue weighted by Crippen LogP contribution is -2.14. The van der Waals surface area contributed by atoms with Gasteiger partial charge in [-0.15, -0.1) is 16.4 Å². The summed E-state index contributed by atoms with van der Waals surface area (Å²) < 4.78 is 0. The number of thiophene rings is 1. The van der Waals surface area contributed by atoms with E-state index in [0.717, 1.165) is 5.82 Å². The van der Waals surface area contributed by atoms with Crippen molar-refractivity contribution in [3.63, 3.8) is 0 Å². The molecule has 0 saturated heterocycles. The molecule has 0 fully saturated rings. The van der Waals surface area contributed by atoms with Gasteiger partial charge in [-0.25, -0.2) is 4.98 Å². The van der Waals surface area contributed by atoms with E-state index in [1.807, 2.05) is 17.5 Å². The van der Waals surface area contributed by atoms with E-state index in [0.29, 0.717) is 23.0 Å². The lowest BCUT2D eigenvalue weighted by atomic mass is 10.3. The molecule has 0 saturated carbocycles. The molecule has 0 unspecified atom stereocenters. The Bertz CT molecular complexity index is 875. The van der Waals surface area contributed by atoms with Crippen molar-refractivity contribution in [2.45, 2.75) is 18.5 Å². The van der Waals surface area contributed by atoms with Crippen molar-refractivity contribution in [2.24, 2.45) is 0 Å². The highest BCUT2D eigenvalue weighted by Gasteiger charge is 2.09. The zero-order chi connectivity index (χ0) is 18.4. The normalized spacial score (nSPS) is 10.5. The number of hydrogen-bond acceptors (Lipinski definition) is 6. The van der Waals surface area contributed by atoms with Crippen LogP contribution in [-0.2, 0) is 16.0 Å². The van der Waals surface area contributed by atoms with Crippen molar-refractivity contribution in [2.75, 3.05) is 16.4 Å². The first-order valence-corrected chi connectivity index (χ1v) is 9.69. The van der Waals surface area contributed by atoms with E-state index in [2.05, 4.69) is 25.8 Å². The molecule has 0 aliphatic heterocycles. The Labute approximate surface area is 158 Å². The lowest BCUT2D eigenvalue weighted by molar-refractivity contribution is -0.114. The largest absolute Gasteiger partial charge is 0.326 e. The van der Waals surface area contributed by atoms with Crippen LogP contribution in [0, 0.1) is 0 Å². The number of carbonyl (C=O) groups excluding carboxylic acids is 2. The molecule has 26 heavy (non-hydrogen) atoms. The molecule has 3 N–H and O–H groups in total. The molecular weight excluding hydrogens is 370 g/mol. The third kappa shape index (κ3) is 5.43. The van der Waals surface area contributed by atoms with Crippen molar-refractivity contribution in [3.05, 3.63) is 52.5 Å². The zero-order valence-electron chi connectivity index (χ0n) is 14.0. The fourth-order valence-corrected chi connectivity index (χ4v) is 3.49. The number of aromatic amines is 1. The number of carbonyl (C=O) groups is 2. The Morgan fingerprint density at radius 3 is 2.54 bits per heavy atom. The van der Waals surface area contributed by atoms with Gasteiger partial charge in [-0.2, -0.15) is 0 Å². The summed E-state index contributed by atoms with van der Waals surface area (Å²) in [5.41, 5.74) is 1.35. The van der Waals surface area contributed by atoms with E-state index in [1.165, 1.54) is 23.6 Å². The van der Waals surface area contributed by atoms with Crippen molar-refractivity contribution < 1.29 is 9.59 Å². The van der Waals surface area contributed by atoms with Crippen LogP contribution in [0.5, 0.6) is 0 Å². The predicted octanol–water partition coefficient (Wildman–Crippen LogP) is 3.15. The molecule has 0 bridgehead atoms. The smallest absolute Gasteiger partial charge is 0.234 e. The van der Waals surface area contributed by atoms with Gasteiger partial charge >= 0.3 is 0 Å². The molecule has 0 spiro atoms. The maximum atomic E-state index is 12.0. The SMILES string of the molecule is CC(=O)Nc1ccc(NC(=O)CSc2n[nH]c(Cc3cccs3)n2)cc1. The number of aromatic nitrogens is 3. The number of rotatable bonds is 7. The number of amides is 2. The van der Waals surface area contributed by atoms with Crippen LogP contribution in [-0.4, -0.2) is 32.7 Å². The highest BCUT2D eigenvalue weighted by molar-refractivity contribution is 7.99. The molecule has 134 valence electrons. The minimum atomic E-state index is -0.146. The van der Waals surface area contributed by atoms with Crippen molar-refractivity contribution >= 4 is 46.3 Å². The molecule has 2 aromatic heterocycles. The highest BCUT2D eigenvalue weighted by Crippen LogP contribution is 2.17. The van der Waals surface area contributed by atoms with Gasteiger partial charge in [0.25, 0.3) is 0 Å². The van der Waals surface area contributed by atoms with E-state index in [1.54, 1.807) is 35.6 Å². The van der Waals surface area contributed by atoms with Crippen LogP contribution >= 0.6 is 23.1 Å². The summed E-state index contributed by atoms with van der Waals surface area (Å²) in [5.74, 6) is 0.711. The van der Waals surface area contributed by atoms with E-state index >= 15 is 0 Å². The number of thioether (sulfide) groups is 1. The molecule has 0 atom stereocenters. The number of benzene rings is 1. The average Bonchev–Trinajstić information content (AvgIpc) is 3.27. The van der Waals surface area contributed by atoms with Gasteiger partial charge in [0, 0.05) is 29.6 Å². The maximum Gasteiger partial charge on any atom is 0.234 e. The first-order chi connectivity index (χ1) is 12.6. The molecule has 2 amide bonds. The zero-order valence-corrected chi connectivity index (χ0v) is 15.6. The highest BCUT2D eigenvalue weighted by atomic mass is 32.2. The van der Waals surface area contributed by atoms with Gasteiger partial charge in [0.05, 0.1) is 5.75 Å². The van der Waals surface area contributed by atoms with Crippen LogP contribution in [0.25, 0.3) is 0 Å². The monoisotopic (exact) mass is 387 g/mol. The van der Waals surface area contributed by atoms with Crippen LogP contribution in [0.1, 0.15) is 17.6 Å². The number of H-pyrrole nitrogens is 1. The standard InChI is InChI=1S/C17H17N5O2S2/c1-11(23)18-12-4-6-13(7-5-12)19-16(24)10-26-17-20-15(21-22-17)9-14-3-2-8-25-14/h2-8H,9-10H2,1H3,(H,18,23)(H,19,24)(H,20,21,22). The maximum absolute atomic E-state index is 12.0. The molecule has 1 aromatic carbocycles. The van der Waals surface area contributed by atoms with Crippen LogP contribution < -0.4 is 10.6 Å². The first kappa shape index (κ1) is 18.2. The van der Waals surface area contributed by atoms with Gasteiger partial charge in [-0.05, 0) is 35.7 Å². The number of nitrogens with zero attached hydrogens (tertiary/aromatic N) is 2. The molecule has 3 aromatic rings. The molecule has 7 nitrogen and oxygen atoms in total. The van der Waals surface area contributed by atoms with E-state index in [4.69, 9.17) is 0 Å². The lowest BCUT2D eigenvalue weighted by Gasteiger charge is -2.06. The molecule has 0 radical (unpaired) electrons. The Hall–Kier alpha value is -2.65. The Kier molecular flexibility index (Phi) is 6.03. The minimum Gasteiger partial charge on any atom is -0.326 e.